The average molecular weight is 258 g/mol. The fourth-order valence-corrected chi connectivity index (χ4v) is 1.59. The number of amides is 1. The molecule has 1 aliphatic rings. The van der Waals surface area contributed by atoms with Crippen LogP contribution >= 0.6 is 0 Å². The second-order valence-electron chi connectivity index (χ2n) is 4.35. The van der Waals surface area contributed by atoms with Crippen molar-refractivity contribution in [1.82, 2.24) is 5.32 Å². The van der Waals surface area contributed by atoms with Crippen molar-refractivity contribution in [3.8, 4) is 17.6 Å². The quantitative estimate of drug-likeness (QED) is 0.634. The lowest BCUT2D eigenvalue weighted by atomic mass is 10.1. The maximum atomic E-state index is 11.8. The third-order valence-electron chi connectivity index (χ3n) is 2.79. The number of nitrogens with zero attached hydrogens (tertiary/aromatic N) is 1. The number of hydrogen-bond donors (Lipinski definition) is 2. The Hall–Kier alpha value is -2.48. The van der Waals surface area contributed by atoms with Crippen LogP contribution < -0.4 is 10.1 Å². The summed E-state index contributed by atoms with van der Waals surface area (Å²) in [6.45, 7) is 0. The van der Waals surface area contributed by atoms with E-state index in [9.17, 15) is 9.90 Å². The Kier molecular flexibility index (Phi) is 3.71. The van der Waals surface area contributed by atoms with Crippen LogP contribution in [0.1, 0.15) is 18.4 Å². The Labute approximate surface area is 111 Å². The van der Waals surface area contributed by atoms with E-state index in [0.717, 1.165) is 12.8 Å². The van der Waals surface area contributed by atoms with E-state index in [4.69, 9.17) is 10.00 Å². The monoisotopic (exact) mass is 258 g/mol. The van der Waals surface area contributed by atoms with Gasteiger partial charge in [-0.05, 0) is 36.6 Å². The first-order valence-electron chi connectivity index (χ1n) is 5.93. The first kappa shape index (κ1) is 13.0. The van der Waals surface area contributed by atoms with Crippen LogP contribution in [0.3, 0.4) is 0 Å². The summed E-state index contributed by atoms with van der Waals surface area (Å²) >= 11 is 0. The largest absolute Gasteiger partial charge is 0.504 e. The molecular formula is C14H14N2O3. The highest BCUT2D eigenvalue weighted by Gasteiger charge is 2.24. The third-order valence-corrected chi connectivity index (χ3v) is 2.79. The second kappa shape index (κ2) is 5.44. The molecule has 2 N–H and O–H groups in total. The van der Waals surface area contributed by atoms with Gasteiger partial charge in [0, 0.05) is 6.04 Å². The van der Waals surface area contributed by atoms with Gasteiger partial charge in [0.15, 0.2) is 11.5 Å². The minimum Gasteiger partial charge on any atom is -0.504 e. The van der Waals surface area contributed by atoms with Gasteiger partial charge in [-0.3, -0.25) is 4.79 Å². The molecule has 0 aliphatic heterocycles. The number of ether oxygens (including phenoxy) is 1. The number of carbonyl (C=O) groups excluding carboxylic acids is 1. The van der Waals surface area contributed by atoms with Gasteiger partial charge in [-0.2, -0.15) is 5.26 Å². The average Bonchev–Trinajstić information content (AvgIpc) is 3.21. The van der Waals surface area contributed by atoms with Crippen LogP contribution in [-0.4, -0.2) is 24.2 Å². The highest BCUT2D eigenvalue weighted by atomic mass is 16.5. The van der Waals surface area contributed by atoms with E-state index in [1.807, 2.05) is 6.07 Å². The van der Waals surface area contributed by atoms with E-state index in [1.54, 1.807) is 12.1 Å². The van der Waals surface area contributed by atoms with E-state index in [0.29, 0.717) is 11.3 Å². The van der Waals surface area contributed by atoms with Crippen LogP contribution in [0.15, 0.2) is 23.8 Å². The Balaban J connectivity index is 2.21. The van der Waals surface area contributed by atoms with Crippen molar-refractivity contribution < 1.29 is 14.6 Å². The maximum Gasteiger partial charge on any atom is 0.262 e. The number of methoxy groups -OCH3 is 1. The van der Waals surface area contributed by atoms with Crippen LogP contribution in [0.5, 0.6) is 11.5 Å². The number of hydrogen-bond acceptors (Lipinski definition) is 4. The number of carbonyl (C=O) groups is 1. The standard InChI is InChI=1S/C14H14N2O3/c1-19-13-7-9(2-5-12(13)17)6-10(8-15)14(18)16-11-3-4-11/h2,5-7,11,17H,3-4H2,1H3,(H,16,18). The minimum atomic E-state index is -0.364. The van der Waals surface area contributed by atoms with Gasteiger partial charge in [-0.1, -0.05) is 6.07 Å². The normalized spacial score (nSPS) is 14.6. The summed E-state index contributed by atoms with van der Waals surface area (Å²) in [5.41, 5.74) is 0.664. The predicted octanol–water partition coefficient (Wildman–Crippen LogP) is 1.59. The molecule has 1 aromatic carbocycles. The molecule has 1 amide bonds. The van der Waals surface area contributed by atoms with Crippen LogP contribution in [0.2, 0.25) is 0 Å². The van der Waals surface area contributed by atoms with Gasteiger partial charge in [0.1, 0.15) is 11.6 Å². The molecule has 1 fully saturated rings. The fourth-order valence-electron chi connectivity index (χ4n) is 1.59. The smallest absolute Gasteiger partial charge is 0.262 e. The topological polar surface area (TPSA) is 82.3 Å². The number of phenolic OH excluding ortho intramolecular Hbond substituents is 1. The van der Waals surface area contributed by atoms with Gasteiger partial charge >= 0.3 is 0 Å². The first-order chi connectivity index (χ1) is 9.13. The molecule has 5 nitrogen and oxygen atoms in total. The second-order valence-corrected chi connectivity index (χ2v) is 4.35. The molecule has 5 heteroatoms. The lowest BCUT2D eigenvalue weighted by Gasteiger charge is -2.05. The number of nitriles is 1. The van der Waals surface area contributed by atoms with Gasteiger partial charge in [0.2, 0.25) is 0 Å². The van der Waals surface area contributed by atoms with Gasteiger partial charge in [-0.15, -0.1) is 0 Å². The zero-order valence-electron chi connectivity index (χ0n) is 10.5. The van der Waals surface area contributed by atoms with Crippen molar-refractivity contribution in [2.24, 2.45) is 0 Å². The molecule has 1 aromatic rings. The molecule has 1 saturated carbocycles. The lowest BCUT2D eigenvalue weighted by Crippen LogP contribution is -2.26. The van der Waals surface area contributed by atoms with Crippen LogP contribution in [0, 0.1) is 11.3 Å². The molecule has 1 aliphatic carbocycles. The van der Waals surface area contributed by atoms with Crippen LogP contribution in [-0.2, 0) is 4.79 Å². The Bertz CT molecular complexity index is 569. The Morgan fingerprint density at radius 2 is 2.32 bits per heavy atom. The Morgan fingerprint density at radius 3 is 2.89 bits per heavy atom. The number of rotatable bonds is 4. The number of benzene rings is 1. The summed E-state index contributed by atoms with van der Waals surface area (Å²) in [5, 5.41) is 21.2. The van der Waals surface area contributed by atoms with E-state index in [2.05, 4.69) is 5.32 Å². The predicted molar refractivity (Wildman–Crippen MR) is 69.4 cm³/mol. The maximum absolute atomic E-state index is 11.8. The summed E-state index contributed by atoms with van der Waals surface area (Å²) in [6.07, 6.45) is 3.41. The first-order valence-corrected chi connectivity index (χ1v) is 5.93. The van der Waals surface area contributed by atoms with Crippen molar-refractivity contribution in [2.75, 3.05) is 7.11 Å². The van der Waals surface area contributed by atoms with Gasteiger partial charge in [0.05, 0.1) is 7.11 Å². The molecule has 0 atom stereocenters. The van der Waals surface area contributed by atoms with Crippen molar-refractivity contribution in [3.63, 3.8) is 0 Å². The minimum absolute atomic E-state index is 0.0144. The van der Waals surface area contributed by atoms with Crippen LogP contribution in [0.4, 0.5) is 0 Å². The highest BCUT2D eigenvalue weighted by Crippen LogP contribution is 2.27. The molecular weight excluding hydrogens is 244 g/mol. The molecule has 0 bridgehead atoms. The van der Waals surface area contributed by atoms with Gasteiger partial charge in [-0.25, -0.2) is 0 Å². The van der Waals surface area contributed by atoms with Gasteiger partial charge in [0.25, 0.3) is 5.91 Å². The van der Waals surface area contributed by atoms with E-state index in [1.165, 1.54) is 19.3 Å². The van der Waals surface area contributed by atoms with E-state index in [-0.39, 0.29) is 23.3 Å². The highest BCUT2D eigenvalue weighted by molar-refractivity contribution is 6.02. The molecule has 0 radical (unpaired) electrons. The Morgan fingerprint density at radius 1 is 1.58 bits per heavy atom. The SMILES string of the molecule is COc1cc(C=C(C#N)C(=O)NC2CC2)ccc1O. The molecule has 98 valence electrons. The summed E-state index contributed by atoms with van der Waals surface area (Å²) in [5.74, 6) is -0.0497. The molecule has 0 spiro atoms. The van der Waals surface area contributed by atoms with E-state index >= 15 is 0 Å². The zero-order valence-corrected chi connectivity index (χ0v) is 10.5. The fraction of sp³-hybridized carbons (Fsp3) is 0.286. The third kappa shape index (κ3) is 3.26. The number of phenols is 1. The molecule has 0 saturated heterocycles. The molecule has 19 heavy (non-hydrogen) atoms. The van der Waals surface area contributed by atoms with Crippen molar-refractivity contribution >= 4 is 12.0 Å². The zero-order chi connectivity index (χ0) is 13.8. The number of aromatic hydroxyl groups is 1. The molecule has 0 unspecified atom stereocenters. The van der Waals surface area contributed by atoms with Crippen molar-refractivity contribution in [1.29, 1.82) is 5.26 Å². The van der Waals surface area contributed by atoms with Crippen LogP contribution in [0.25, 0.3) is 6.08 Å². The summed E-state index contributed by atoms with van der Waals surface area (Å²) in [7, 11) is 1.44. The van der Waals surface area contributed by atoms with Crippen molar-refractivity contribution in [3.05, 3.63) is 29.3 Å². The van der Waals surface area contributed by atoms with Crippen molar-refractivity contribution in [2.45, 2.75) is 18.9 Å². The molecule has 0 heterocycles. The summed E-state index contributed by atoms with van der Waals surface area (Å²) in [6, 6.07) is 6.72. The molecule has 2 rings (SSSR count). The summed E-state index contributed by atoms with van der Waals surface area (Å²) < 4.78 is 4.97. The van der Waals surface area contributed by atoms with E-state index < -0.39 is 0 Å². The number of nitrogens with one attached hydrogen (secondary N) is 1. The lowest BCUT2D eigenvalue weighted by molar-refractivity contribution is -0.117. The van der Waals surface area contributed by atoms with Gasteiger partial charge < -0.3 is 15.2 Å². The molecule has 0 aromatic heterocycles. The summed E-state index contributed by atoms with van der Waals surface area (Å²) in [4.78, 5) is 11.8.